The molecule has 0 spiro atoms. The molecule has 0 saturated carbocycles. The molecule has 0 bridgehead atoms. The zero-order chi connectivity index (χ0) is 21.7. The SMILES string of the molecule is CCNS(=O)(=O)c1cc(Cl)c(N=Nc2ccc(NCCN)c3ccccc23)cc1Cl. The molecular formula is C20H21Cl2N5O2S. The van der Waals surface area contributed by atoms with E-state index in [9.17, 15) is 8.42 Å². The Morgan fingerprint density at radius 3 is 2.37 bits per heavy atom. The first-order valence-corrected chi connectivity index (χ1v) is 11.5. The minimum atomic E-state index is -3.74. The highest BCUT2D eigenvalue weighted by molar-refractivity contribution is 7.89. The molecule has 0 radical (unpaired) electrons. The van der Waals surface area contributed by atoms with Crippen LogP contribution < -0.4 is 15.8 Å². The van der Waals surface area contributed by atoms with Crippen molar-refractivity contribution < 1.29 is 8.42 Å². The molecule has 0 atom stereocenters. The van der Waals surface area contributed by atoms with Crippen LogP contribution >= 0.6 is 23.2 Å². The molecule has 4 N–H and O–H groups in total. The van der Waals surface area contributed by atoms with Crippen molar-refractivity contribution in [2.45, 2.75) is 11.8 Å². The fourth-order valence-electron chi connectivity index (χ4n) is 2.91. The van der Waals surface area contributed by atoms with Gasteiger partial charge in [-0.3, -0.25) is 0 Å². The summed E-state index contributed by atoms with van der Waals surface area (Å²) in [6.07, 6.45) is 0. The first kappa shape index (κ1) is 22.5. The third-order valence-corrected chi connectivity index (χ3v) is 6.56. The number of nitrogens with one attached hydrogen (secondary N) is 2. The number of anilines is 1. The summed E-state index contributed by atoms with van der Waals surface area (Å²) in [7, 11) is -3.74. The molecule has 158 valence electrons. The summed E-state index contributed by atoms with van der Waals surface area (Å²) in [6, 6.07) is 14.2. The third kappa shape index (κ3) is 4.91. The summed E-state index contributed by atoms with van der Waals surface area (Å²) < 4.78 is 26.8. The Morgan fingerprint density at radius 2 is 1.67 bits per heavy atom. The topological polar surface area (TPSA) is 109 Å². The molecule has 0 unspecified atom stereocenters. The van der Waals surface area contributed by atoms with Crippen molar-refractivity contribution >= 4 is 61.1 Å². The van der Waals surface area contributed by atoms with Crippen LogP contribution in [0.4, 0.5) is 17.1 Å². The quantitative estimate of drug-likeness (QED) is 0.395. The predicted octanol–water partition coefficient (Wildman–Crippen LogP) is 5.23. The molecule has 0 saturated heterocycles. The van der Waals surface area contributed by atoms with E-state index in [0.29, 0.717) is 18.8 Å². The number of hydrogen-bond donors (Lipinski definition) is 3. The molecular weight excluding hydrogens is 445 g/mol. The van der Waals surface area contributed by atoms with Gasteiger partial charge in [-0.15, -0.1) is 10.2 Å². The summed E-state index contributed by atoms with van der Waals surface area (Å²) in [4.78, 5) is -0.101. The monoisotopic (exact) mass is 465 g/mol. The number of hydrogen-bond acceptors (Lipinski definition) is 6. The van der Waals surface area contributed by atoms with Crippen LogP contribution in [0.5, 0.6) is 0 Å². The maximum Gasteiger partial charge on any atom is 0.242 e. The molecule has 0 fully saturated rings. The Labute approximate surface area is 185 Å². The van der Waals surface area contributed by atoms with Gasteiger partial charge in [-0.05, 0) is 24.3 Å². The van der Waals surface area contributed by atoms with Crippen LogP contribution in [-0.4, -0.2) is 28.1 Å². The van der Waals surface area contributed by atoms with E-state index < -0.39 is 10.0 Å². The minimum Gasteiger partial charge on any atom is -0.383 e. The number of sulfonamides is 1. The molecule has 0 aliphatic rings. The van der Waals surface area contributed by atoms with Gasteiger partial charge in [0.1, 0.15) is 10.6 Å². The van der Waals surface area contributed by atoms with E-state index in [1.807, 2.05) is 36.4 Å². The van der Waals surface area contributed by atoms with Crippen molar-refractivity contribution in [2.75, 3.05) is 25.0 Å². The third-order valence-electron chi connectivity index (χ3n) is 4.25. The molecule has 3 aromatic rings. The van der Waals surface area contributed by atoms with Gasteiger partial charge in [-0.1, -0.05) is 54.4 Å². The van der Waals surface area contributed by atoms with Gasteiger partial charge in [-0.2, -0.15) is 0 Å². The number of fused-ring (bicyclic) bond motifs is 1. The number of rotatable bonds is 8. The van der Waals surface area contributed by atoms with Gasteiger partial charge >= 0.3 is 0 Å². The van der Waals surface area contributed by atoms with Crippen molar-refractivity contribution in [1.82, 2.24) is 4.72 Å². The van der Waals surface area contributed by atoms with Crippen molar-refractivity contribution in [3.63, 3.8) is 0 Å². The normalized spacial score (nSPS) is 12.0. The molecule has 0 heterocycles. The Balaban J connectivity index is 1.98. The molecule has 0 amide bonds. The molecule has 30 heavy (non-hydrogen) atoms. The maximum absolute atomic E-state index is 12.2. The van der Waals surface area contributed by atoms with Gasteiger partial charge in [0.15, 0.2) is 0 Å². The van der Waals surface area contributed by atoms with Crippen molar-refractivity contribution in [1.29, 1.82) is 0 Å². The summed E-state index contributed by atoms with van der Waals surface area (Å²) in [5, 5.41) is 13.8. The van der Waals surface area contributed by atoms with Crippen LogP contribution in [0.2, 0.25) is 10.0 Å². The van der Waals surface area contributed by atoms with Crippen LogP contribution in [0, 0.1) is 0 Å². The smallest absolute Gasteiger partial charge is 0.242 e. The number of azo groups is 1. The Bertz CT molecular complexity index is 1200. The highest BCUT2D eigenvalue weighted by Gasteiger charge is 2.19. The van der Waals surface area contributed by atoms with E-state index >= 15 is 0 Å². The van der Waals surface area contributed by atoms with Gasteiger partial charge in [-0.25, -0.2) is 13.1 Å². The van der Waals surface area contributed by atoms with Gasteiger partial charge in [0.05, 0.1) is 15.7 Å². The standard InChI is InChI=1S/C20H21Cl2N5O2S/c1-2-25-30(28,29)20-12-15(21)19(11-16(20)22)27-26-18-8-7-17(24-10-9-23)13-5-3-4-6-14(13)18/h3-8,11-12,24-25H,2,9-10,23H2,1H3. The lowest BCUT2D eigenvalue weighted by molar-refractivity contribution is 0.584. The van der Waals surface area contributed by atoms with E-state index in [1.165, 1.54) is 12.1 Å². The second-order valence-corrected chi connectivity index (χ2v) is 8.88. The Morgan fingerprint density at radius 1 is 0.967 bits per heavy atom. The first-order valence-electron chi connectivity index (χ1n) is 9.23. The maximum atomic E-state index is 12.2. The molecule has 3 rings (SSSR count). The molecule has 0 aliphatic carbocycles. The van der Waals surface area contributed by atoms with E-state index in [0.717, 1.165) is 16.5 Å². The van der Waals surface area contributed by atoms with Crippen LogP contribution in [0.3, 0.4) is 0 Å². The van der Waals surface area contributed by atoms with Gasteiger partial charge in [0, 0.05) is 36.1 Å². The van der Waals surface area contributed by atoms with E-state index in [2.05, 4.69) is 20.3 Å². The average molecular weight is 466 g/mol. The predicted molar refractivity (Wildman–Crippen MR) is 123 cm³/mol. The lowest BCUT2D eigenvalue weighted by Gasteiger charge is -2.10. The lowest BCUT2D eigenvalue weighted by Crippen LogP contribution is -2.23. The van der Waals surface area contributed by atoms with E-state index in [-0.39, 0.29) is 27.2 Å². The average Bonchev–Trinajstić information content (AvgIpc) is 2.72. The zero-order valence-electron chi connectivity index (χ0n) is 16.2. The Kier molecular flexibility index (Phi) is 7.27. The summed E-state index contributed by atoms with van der Waals surface area (Å²) >= 11 is 12.4. The summed E-state index contributed by atoms with van der Waals surface area (Å²) in [5.74, 6) is 0. The van der Waals surface area contributed by atoms with Crippen molar-refractivity contribution in [3.05, 3.63) is 58.6 Å². The van der Waals surface area contributed by atoms with Crippen molar-refractivity contribution in [2.24, 2.45) is 16.0 Å². The summed E-state index contributed by atoms with van der Waals surface area (Å²) in [6.45, 7) is 3.09. The fourth-order valence-corrected chi connectivity index (χ4v) is 4.76. The zero-order valence-corrected chi connectivity index (χ0v) is 18.5. The van der Waals surface area contributed by atoms with Gasteiger partial charge in [0.25, 0.3) is 0 Å². The molecule has 0 aromatic heterocycles. The Hall–Kier alpha value is -2.23. The summed E-state index contributed by atoms with van der Waals surface area (Å²) in [5.41, 5.74) is 7.44. The molecule has 3 aromatic carbocycles. The molecule has 0 aliphatic heterocycles. The van der Waals surface area contributed by atoms with Crippen LogP contribution in [0.15, 0.2) is 63.7 Å². The molecule has 7 nitrogen and oxygen atoms in total. The van der Waals surface area contributed by atoms with Crippen LogP contribution in [0.25, 0.3) is 10.8 Å². The van der Waals surface area contributed by atoms with Crippen LogP contribution in [0.1, 0.15) is 6.92 Å². The second-order valence-electron chi connectivity index (χ2n) is 6.33. The first-order chi connectivity index (χ1) is 14.4. The highest BCUT2D eigenvalue weighted by atomic mass is 35.5. The second kappa shape index (κ2) is 9.72. The van der Waals surface area contributed by atoms with Crippen molar-refractivity contribution in [3.8, 4) is 0 Å². The fraction of sp³-hybridized carbons (Fsp3) is 0.200. The largest absolute Gasteiger partial charge is 0.383 e. The number of nitrogens with two attached hydrogens (primary N) is 1. The van der Waals surface area contributed by atoms with E-state index in [4.69, 9.17) is 28.9 Å². The minimum absolute atomic E-state index is 0.0143. The lowest BCUT2D eigenvalue weighted by atomic mass is 10.1. The van der Waals surface area contributed by atoms with Gasteiger partial charge in [0.2, 0.25) is 10.0 Å². The number of halogens is 2. The molecule has 10 heteroatoms. The number of nitrogens with zero attached hydrogens (tertiary/aromatic N) is 2. The van der Waals surface area contributed by atoms with Crippen LogP contribution in [-0.2, 0) is 10.0 Å². The number of benzene rings is 3. The van der Waals surface area contributed by atoms with E-state index in [1.54, 1.807) is 6.92 Å². The van der Waals surface area contributed by atoms with Gasteiger partial charge < -0.3 is 11.1 Å². The highest BCUT2D eigenvalue weighted by Crippen LogP contribution is 2.36.